The van der Waals surface area contributed by atoms with Crippen LogP contribution in [0.25, 0.3) is 5.78 Å². The molecular weight excluding hydrogens is 344 g/mol. The topological polar surface area (TPSA) is 60.2 Å². The zero-order chi connectivity index (χ0) is 16.7. The van der Waals surface area contributed by atoms with Crippen molar-refractivity contribution in [1.82, 2.24) is 19.6 Å². The summed E-state index contributed by atoms with van der Waals surface area (Å²) in [5.74, 6) is 1.77. The van der Waals surface area contributed by atoms with Crippen LogP contribution in [0.4, 0.5) is 0 Å². The molecular formula is C17H15ClN4OS. The van der Waals surface area contributed by atoms with E-state index in [4.69, 9.17) is 11.6 Å². The maximum atomic E-state index is 12.2. The van der Waals surface area contributed by atoms with E-state index in [-0.39, 0.29) is 5.78 Å². The second-order valence-electron chi connectivity index (χ2n) is 6.08. The van der Waals surface area contributed by atoms with E-state index in [0.29, 0.717) is 28.8 Å². The smallest absolute Gasteiger partial charge is 0.253 e. The van der Waals surface area contributed by atoms with Crippen LogP contribution in [0.5, 0.6) is 0 Å². The number of carbonyl (C=O) groups excluding carboxylic acids is 1. The van der Waals surface area contributed by atoms with Crippen LogP contribution < -0.4 is 0 Å². The molecule has 0 spiro atoms. The number of aromatic nitrogens is 4. The van der Waals surface area contributed by atoms with Gasteiger partial charge in [-0.25, -0.2) is 4.98 Å². The van der Waals surface area contributed by atoms with Gasteiger partial charge in [-0.15, -0.1) is 5.10 Å². The largest absolute Gasteiger partial charge is 0.294 e. The molecule has 0 amide bonds. The van der Waals surface area contributed by atoms with E-state index in [9.17, 15) is 4.79 Å². The van der Waals surface area contributed by atoms with Crippen molar-refractivity contribution in [3.8, 4) is 0 Å². The highest BCUT2D eigenvalue weighted by molar-refractivity contribution is 7.98. The molecule has 0 radical (unpaired) electrons. The Hall–Kier alpha value is -1.92. The Morgan fingerprint density at radius 3 is 2.88 bits per heavy atom. The van der Waals surface area contributed by atoms with Gasteiger partial charge in [-0.1, -0.05) is 42.4 Å². The molecule has 5 nitrogen and oxygen atoms in total. The molecule has 2 aromatic heterocycles. The Kier molecular flexibility index (Phi) is 4.02. The number of nitrogens with zero attached hydrogens (tertiary/aromatic N) is 4. The number of Topliss-reactive ketones (excluding diaryl/α,β-unsaturated/α-hetero) is 1. The van der Waals surface area contributed by atoms with Gasteiger partial charge in [0.2, 0.25) is 5.16 Å². The summed E-state index contributed by atoms with van der Waals surface area (Å²) in [6.07, 6.45) is 3.04. The summed E-state index contributed by atoms with van der Waals surface area (Å²) in [5.41, 5.74) is 2.76. The fourth-order valence-corrected chi connectivity index (χ4v) is 3.81. The molecule has 0 aliphatic heterocycles. The van der Waals surface area contributed by atoms with Crippen molar-refractivity contribution >= 4 is 34.9 Å². The highest BCUT2D eigenvalue weighted by Gasteiger charge is 2.26. The third-order valence-electron chi connectivity index (χ3n) is 4.10. The van der Waals surface area contributed by atoms with Crippen molar-refractivity contribution in [2.24, 2.45) is 5.92 Å². The van der Waals surface area contributed by atoms with Gasteiger partial charge >= 0.3 is 0 Å². The molecule has 0 saturated carbocycles. The first-order valence-corrected chi connectivity index (χ1v) is 9.11. The molecule has 2 heterocycles. The molecule has 1 aliphatic carbocycles. The second kappa shape index (κ2) is 6.18. The first-order valence-electron chi connectivity index (χ1n) is 7.75. The predicted molar refractivity (Wildman–Crippen MR) is 93.6 cm³/mol. The molecule has 7 heteroatoms. The Balaban J connectivity index is 1.62. The van der Waals surface area contributed by atoms with Crippen LogP contribution in [-0.2, 0) is 12.2 Å². The quantitative estimate of drug-likeness (QED) is 0.666. The normalized spacial score (nSPS) is 17.2. The SMILES string of the molecule is CC1CC(=O)c2cnc3nc(SCc4ccc(Cl)cc4)nn3c2C1. The lowest BCUT2D eigenvalue weighted by Gasteiger charge is -2.19. The number of rotatable bonds is 3. The standard InChI is InChI=1S/C17H15ClN4OS/c1-10-6-14-13(15(23)7-10)8-19-16-20-17(21-22(14)16)24-9-11-2-4-12(18)5-3-11/h2-5,8,10H,6-7,9H2,1H3. The summed E-state index contributed by atoms with van der Waals surface area (Å²) >= 11 is 7.45. The van der Waals surface area contributed by atoms with Crippen molar-refractivity contribution in [2.45, 2.75) is 30.7 Å². The summed E-state index contributed by atoms with van der Waals surface area (Å²) in [7, 11) is 0. The molecule has 122 valence electrons. The highest BCUT2D eigenvalue weighted by atomic mass is 35.5. The lowest BCUT2D eigenvalue weighted by Crippen LogP contribution is -2.21. The number of halogens is 1. The highest BCUT2D eigenvalue weighted by Crippen LogP contribution is 2.26. The Morgan fingerprint density at radius 1 is 1.29 bits per heavy atom. The van der Waals surface area contributed by atoms with E-state index in [1.807, 2.05) is 24.3 Å². The van der Waals surface area contributed by atoms with E-state index in [1.165, 1.54) is 0 Å². The lowest BCUT2D eigenvalue weighted by molar-refractivity contribution is 0.0951. The minimum absolute atomic E-state index is 0.143. The number of benzene rings is 1. The molecule has 0 fully saturated rings. The summed E-state index contributed by atoms with van der Waals surface area (Å²) in [6.45, 7) is 2.08. The average Bonchev–Trinajstić information content (AvgIpc) is 2.98. The van der Waals surface area contributed by atoms with Crippen LogP contribution in [0.3, 0.4) is 0 Å². The van der Waals surface area contributed by atoms with E-state index in [1.54, 1.807) is 22.5 Å². The van der Waals surface area contributed by atoms with Gasteiger partial charge in [-0.3, -0.25) is 4.79 Å². The molecule has 0 N–H and O–H groups in total. The Morgan fingerprint density at radius 2 is 2.08 bits per heavy atom. The fraction of sp³-hybridized carbons (Fsp3) is 0.294. The number of fused-ring (bicyclic) bond motifs is 3. The van der Waals surface area contributed by atoms with Crippen molar-refractivity contribution in [1.29, 1.82) is 0 Å². The van der Waals surface area contributed by atoms with Crippen LogP contribution in [0.15, 0.2) is 35.6 Å². The summed E-state index contributed by atoms with van der Waals surface area (Å²) in [6, 6.07) is 7.73. The number of thioether (sulfide) groups is 1. The number of hydrogen-bond donors (Lipinski definition) is 0. The van der Waals surface area contributed by atoms with E-state index in [0.717, 1.165) is 28.5 Å². The minimum Gasteiger partial charge on any atom is -0.294 e. The van der Waals surface area contributed by atoms with Gasteiger partial charge in [-0.2, -0.15) is 9.50 Å². The molecule has 1 atom stereocenters. The number of ketones is 1. The number of carbonyl (C=O) groups is 1. The van der Waals surface area contributed by atoms with Crippen LogP contribution in [0.2, 0.25) is 5.02 Å². The monoisotopic (exact) mass is 358 g/mol. The molecule has 0 bridgehead atoms. The van der Waals surface area contributed by atoms with Gasteiger partial charge in [-0.05, 0) is 30.0 Å². The van der Waals surface area contributed by atoms with Crippen LogP contribution in [0, 0.1) is 5.92 Å². The summed E-state index contributed by atoms with van der Waals surface area (Å²) in [4.78, 5) is 20.9. The fourth-order valence-electron chi connectivity index (χ4n) is 2.91. The van der Waals surface area contributed by atoms with E-state index in [2.05, 4.69) is 22.0 Å². The first kappa shape index (κ1) is 15.6. The van der Waals surface area contributed by atoms with Gasteiger partial charge in [0.1, 0.15) is 0 Å². The van der Waals surface area contributed by atoms with Gasteiger partial charge < -0.3 is 0 Å². The Bertz CT molecular complexity index is 922. The minimum atomic E-state index is 0.143. The average molecular weight is 359 g/mol. The summed E-state index contributed by atoms with van der Waals surface area (Å²) in [5, 5.41) is 5.94. The molecule has 1 aliphatic rings. The molecule has 4 rings (SSSR count). The number of hydrogen-bond acceptors (Lipinski definition) is 5. The summed E-state index contributed by atoms with van der Waals surface area (Å²) < 4.78 is 1.73. The van der Waals surface area contributed by atoms with Gasteiger partial charge in [0.25, 0.3) is 5.78 Å². The van der Waals surface area contributed by atoms with Crippen molar-refractivity contribution < 1.29 is 4.79 Å². The van der Waals surface area contributed by atoms with E-state index < -0.39 is 0 Å². The lowest BCUT2D eigenvalue weighted by atomic mass is 9.88. The molecule has 3 aromatic rings. The molecule has 1 aromatic carbocycles. The van der Waals surface area contributed by atoms with Crippen molar-refractivity contribution in [3.05, 3.63) is 52.3 Å². The maximum Gasteiger partial charge on any atom is 0.253 e. The van der Waals surface area contributed by atoms with Crippen molar-refractivity contribution in [2.75, 3.05) is 0 Å². The van der Waals surface area contributed by atoms with Crippen molar-refractivity contribution in [3.63, 3.8) is 0 Å². The van der Waals surface area contributed by atoms with E-state index >= 15 is 0 Å². The Labute approximate surface area is 148 Å². The molecule has 0 saturated heterocycles. The van der Waals surface area contributed by atoms with Gasteiger partial charge in [0.05, 0.1) is 11.3 Å². The van der Waals surface area contributed by atoms with Crippen LogP contribution in [0.1, 0.15) is 35.0 Å². The van der Waals surface area contributed by atoms with Crippen LogP contribution in [-0.4, -0.2) is 25.4 Å². The molecule has 1 unspecified atom stereocenters. The first-order chi connectivity index (χ1) is 11.6. The zero-order valence-electron chi connectivity index (χ0n) is 13.1. The van der Waals surface area contributed by atoms with Crippen LogP contribution >= 0.6 is 23.4 Å². The second-order valence-corrected chi connectivity index (χ2v) is 7.46. The third-order valence-corrected chi connectivity index (χ3v) is 5.26. The van der Waals surface area contributed by atoms with Gasteiger partial charge in [0.15, 0.2) is 5.78 Å². The zero-order valence-corrected chi connectivity index (χ0v) is 14.6. The maximum absolute atomic E-state index is 12.2. The molecule has 24 heavy (non-hydrogen) atoms. The predicted octanol–water partition coefficient (Wildman–Crippen LogP) is 3.84. The third kappa shape index (κ3) is 2.91. The van der Waals surface area contributed by atoms with Gasteiger partial charge in [0, 0.05) is 23.4 Å².